The number of pyridine rings is 1. The van der Waals surface area contributed by atoms with Crippen LogP contribution in [0.3, 0.4) is 0 Å². The molecule has 1 atom stereocenters. The number of halogens is 3. The van der Waals surface area contributed by atoms with Crippen LogP contribution < -0.4 is 0 Å². The molecule has 0 saturated heterocycles. The van der Waals surface area contributed by atoms with E-state index in [0.717, 1.165) is 41.3 Å². The van der Waals surface area contributed by atoms with Gasteiger partial charge >= 0.3 is 6.18 Å². The summed E-state index contributed by atoms with van der Waals surface area (Å²) in [5.74, 6) is 0. The normalized spacial score (nSPS) is 17.2. The van der Waals surface area contributed by atoms with Crippen molar-refractivity contribution in [1.82, 2.24) is 14.9 Å². The van der Waals surface area contributed by atoms with Gasteiger partial charge in [-0.2, -0.15) is 13.2 Å². The molecule has 0 saturated carbocycles. The minimum Gasteiger partial charge on any atom is -0.357 e. The van der Waals surface area contributed by atoms with Crippen LogP contribution in [0.1, 0.15) is 34.1 Å². The largest absolute Gasteiger partial charge is 0.416 e. The topological polar surface area (TPSA) is 31.9 Å². The summed E-state index contributed by atoms with van der Waals surface area (Å²) in [6.45, 7) is 1.31. The summed E-state index contributed by atoms with van der Waals surface area (Å²) in [4.78, 5) is 10.1. The number of H-pyrrole nitrogens is 1. The minimum absolute atomic E-state index is 0.301. The highest BCUT2D eigenvalue weighted by molar-refractivity contribution is 5.85. The van der Waals surface area contributed by atoms with Crippen LogP contribution in [-0.4, -0.2) is 21.4 Å². The first-order valence-corrected chi connectivity index (χ1v) is 9.91. The summed E-state index contributed by atoms with van der Waals surface area (Å²) in [6, 6.07) is 19.2. The Kier molecular flexibility index (Phi) is 4.59. The quantitative estimate of drug-likeness (QED) is 0.470. The molecule has 0 bridgehead atoms. The highest BCUT2D eigenvalue weighted by atomic mass is 19.4. The van der Waals surface area contributed by atoms with Crippen molar-refractivity contribution < 1.29 is 13.2 Å². The van der Waals surface area contributed by atoms with Crippen LogP contribution >= 0.6 is 0 Å². The highest BCUT2D eigenvalue weighted by Gasteiger charge is 2.35. The van der Waals surface area contributed by atoms with Crippen LogP contribution in [0.2, 0.25) is 0 Å². The van der Waals surface area contributed by atoms with E-state index in [9.17, 15) is 13.2 Å². The van der Waals surface area contributed by atoms with Gasteiger partial charge in [-0.25, -0.2) is 0 Å². The second kappa shape index (κ2) is 7.29. The first-order valence-electron chi connectivity index (χ1n) is 9.91. The number of para-hydroxylation sites is 1. The average molecular weight is 407 g/mol. The van der Waals surface area contributed by atoms with E-state index in [0.29, 0.717) is 12.1 Å². The lowest BCUT2D eigenvalue weighted by Crippen LogP contribution is -2.36. The summed E-state index contributed by atoms with van der Waals surface area (Å²) in [5.41, 5.74) is 4.07. The van der Waals surface area contributed by atoms with Crippen molar-refractivity contribution >= 4 is 10.9 Å². The Morgan fingerprint density at radius 2 is 1.83 bits per heavy atom. The molecular weight excluding hydrogens is 387 g/mol. The van der Waals surface area contributed by atoms with Crippen molar-refractivity contribution in [3.8, 4) is 0 Å². The van der Waals surface area contributed by atoms with Gasteiger partial charge in [0.2, 0.25) is 0 Å². The number of rotatable bonds is 3. The molecule has 3 heterocycles. The van der Waals surface area contributed by atoms with Crippen molar-refractivity contribution in [2.24, 2.45) is 0 Å². The zero-order valence-corrected chi connectivity index (χ0v) is 16.2. The van der Waals surface area contributed by atoms with Crippen LogP contribution in [0.15, 0.2) is 72.9 Å². The molecule has 1 aliphatic rings. The molecule has 0 radical (unpaired) electrons. The van der Waals surface area contributed by atoms with Crippen LogP contribution in [0.4, 0.5) is 13.2 Å². The SMILES string of the molecule is FC(F)(F)c1cccc(C2c3[nH]c4ccccc4c3CCN2Cc2ccccn2)c1. The van der Waals surface area contributed by atoms with E-state index in [2.05, 4.69) is 20.9 Å². The van der Waals surface area contributed by atoms with Gasteiger partial charge < -0.3 is 4.98 Å². The van der Waals surface area contributed by atoms with Gasteiger partial charge in [0, 0.05) is 35.9 Å². The molecule has 2 aromatic carbocycles. The summed E-state index contributed by atoms with van der Waals surface area (Å²) in [6.07, 6.45) is -1.80. The van der Waals surface area contributed by atoms with E-state index >= 15 is 0 Å². The smallest absolute Gasteiger partial charge is 0.357 e. The number of aromatic nitrogens is 2. The minimum atomic E-state index is -4.38. The van der Waals surface area contributed by atoms with Crippen molar-refractivity contribution in [1.29, 1.82) is 0 Å². The molecule has 3 nitrogen and oxygen atoms in total. The lowest BCUT2D eigenvalue weighted by Gasteiger charge is -2.36. The van der Waals surface area contributed by atoms with Gasteiger partial charge in [-0.15, -0.1) is 0 Å². The molecule has 1 unspecified atom stereocenters. The fourth-order valence-corrected chi connectivity index (χ4v) is 4.42. The maximum absolute atomic E-state index is 13.4. The number of benzene rings is 2. The van der Waals surface area contributed by atoms with E-state index in [-0.39, 0.29) is 6.04 Å². The van der Waals surface area contributed by atoms with E-state index in [4.69, 9.17) is 0 Å². The summed E-state index contributed by atoms with van der Waals surface area (Å²) in [7, 11) is 0. The number of nitrogens with one attached hydrogen (secondary N) is 1. The van der Waals surface area contributed by atoms with E-state index in [1.54, 1.807) is 12.3 Å². The third-order valence-electron chi connectivity index (χ3n) is 5.76. The first-order chi connectivity index (χ1) is 14.5. The molecule has 1 aliphatic heterocycles. The predicted molar refractivity (Wildman–Crippen MR) is 110 cm³/mol. The van der Waals surface area contributed by atoms with Gasteiger partial charge in [0.05, 0.1) is 17.3 Å². The lowest BCUT2D eigenvalue weighted by atomic mass is 9.91. The standard InChI is InChI=1S/C24H20F3N3/c25-24(26,27)17-7-5-6-16(14-17)23-22-20(19-9-1-2-10-21(19)29-22)11-13-30(23)15-18-8-3-4-12-28-18/h1-10,12,14,23,29H,11,13,15H2. The molecule has 0 amide bonds. The van der Waals surface area contributed by atoms with Crippen LogP contribution in [-0.2, 0) is 19.1 Å². The van der Waals surface area contributed by atoms with Crippen LogP contribution in [0.5, 0.6) is 0 Å². The Morgan fingerprint density at radius 1 is 1.00 bits per heavy atom. The third-order valence-corrected chi connectivity index (χ3v) is 5.76. The number of alkyl halides is 3. The van der Waals surface area contributed by atoms with Gasteiger partial charge in [0.25, 0.3) is 0 Å². The predicted octanol–water partition coefficient (Wildman–Crippen LogP) is 5.73. The Bertz CT molecular complexity index is 1180. The van der Waals surface area contributed by atoms with E-state index < -0.39 is 11.7 Å². The number of nitrogens with zero attached hydrogens (tertiary/aromatic N) is 2. The molecule has 0 fully saturated rings. The third kappa shape index (κ3) is 3.37. The average Bonchev–Trinajstić information content (AvgIpc) is 3.12. The summed E-state index contributed by atoms with van der Waals surface area (Å²) in [5, 5.41) is 1.14. The molecule has 152 valence electrons. The van der Waals surface area contributed by atoms with Crippen molar-refractivity contribution in [2.45, 2.75) is 25.2 Å². The fraction of sp³-hybridized carbons (Fsp3) is 0.208. The molecule has 0 aliphatic carbocycles. The Hall–Kier alpha value is -3.12. The molecule has 6 heteroatoms. The van der Waals surface area contributed by atoms with Crippen molar-refractivity contribution in [3.63, 3.8) is 0 Å². The molecule has 1 N–H and O–H groups in total. The van der Waals surface area contributed by atoms with Crippen molar-refractivity contribution in [2.75, 3.05) is 6.54 Å². The van der Waals surface area contributed by atoms with Crippen LogP contribution in [0.25, 0.3) is 10.9 Å². The van der Waals surface area contributed by atoms with Crippen molar-refractivity contribution in [3.05, 3.63) is 101 Å². The monoisotopic (exact) mass is 407 g/mol. The maximum atomic E-state index is 13.4. The molecule has 30 heavy (non-hydrogen) atoms. The Morgan fingerprint density at radius 3 is 2.63 bits per heavy atom. The summed E-state index contributed by atoms with van der Waals surface area (Å²) < 4.78 is 40.2. The molecular formula is C24H20F3N3. The molecule has 4 aromatic rings. The first kappa shape index (κ1) is 18.9. The highest BCUT2D eigenvalue weighted by Crippen LogP contribution is 2.40. The van der Waals surface area contributed by atoms with Gasteiger partial charge in [-0.1, -0.05) is 36.4 Å². The van der Waals surface area contributed by atoms with E-state index in [1.807, 2.05) is 36.4 Å². The lowest BCUT2D eigenvalue weighted by molar-refractivity contribution is -0.137. The van der Waals surface area contributed by atoms with Gasteiger partial charge in [-0.3, -0.25) is 9.88 Å². The molecule has 5 rings (SSSR count). The molecule has 0 spiro atoms. The Balaban J connectivity index is 1.64. The number of hydrogen-bond acceptors (Lipinski definition) is 2. The number of fused-ring (bicyclic) bond motifs is 3. The second-order valence-electron chi connectivity index (χ2n) is 7.63. The molecule has 2 aromatic heterocycles. The summed E-state index contributed by atoms with van der Waals surface area (Å²) >= 11 is 0. The Labute approximate surface area is 172 Å². The fourth-order valence-electron chi connectivity index (χ4n) is 4.42. The number of hydrogen-bond donors (Lipinski definition) is 1. The zero-order chi connectivity index (χ0) is 20.7. The van der Waals surface area contributed by atoms with Gasteiger partial charge in [0.15, 0.2) is 0 Å². The van der Waals surface area contributed by atoms with Gasteiger partial charge in [-0.05, 0) is 47.9 Å². The zero-order valence-electron chi connectivity index (χ0n) is 16.2. The van der Waals surface area contributed by atoms with E-state index in [1.165, 1.54) is 17.7 Å². The van der Waals surface area contributed by atoms with Crippen LogP contribution in [0, 0.1) is 0 Å². The number of aromatic amines is 1. The maximum Gasteiger partial charge on any atom is 0.416 e. The van der Waals surface area contributed by atoms with Gasteiger partial charge in [0.1, 0.15) is 0 Å². The second-order valence-corrected chi connectivity index (χ2v) is 7.63.